The molecule has 0 aliphatic carbocycles. The molecule has 0 spiro atoms. The number of ether oxygens (including phenoxy) is 2. The number of hydrogen-bond acceptors (Lipinski definition) is 5. The van der Waals surface area contributed by atoms with Gasteiger partial charge in [0.15, 0.2) is 6.61 Å². The largest absolute Gasteiger partial charge is 0.491 e. The Labute approximate surface area is 163 Å². The number of carbonyl (C=O) groups excluding carboxylic acids is 3. The number of carbonyl (C=O) groups is 3. The fourth-order valence-electron chi connectivity index (χ4n) is 3.46. The number of ketones is 1. The molecule has 0 unspecified atom stereocenters. The first kappa shape index (κ1) is 19.7. The molecule has 1 aromatic carbocycles. The van der Waals surface area contributed by atoms with Crippen LogP contribution in [-0.2, 0) is 20.9 Å². The van der Waals surface area contributed by atoms with Crippen molar-refractivity contribution in [1.29, 1.82) is 0 Å². The van der Waals surface area contributed by atoms with Crippen molar-refractivity contribution < 1.29 is 23.9 Å². The van der Waals surface area contributed by atoms with Gasteiger partial charge in [-0.15, -0.1) is 0 Å². The van der Waals surface area contributed by atoms with Crippen molar-refractivity contribution in [2.24, 2.45) is 0 Å². The number of anilines is 1. The van der Waals surface area contributed by atoms with Crippen molar-refractivity contribution in [3.05, 3.63) is 47.3 Å². The van der Waals surface area contributed by atoms with Crippen LogP contribution < -0.4 is 9.64 Å². The van der Waals surface area contributed by atoms with Crippen LogP contribution in [0.2, 0.25) is 0 Å². The van der Waals surface area contributed by atoms with Crippen molar-refractivity contribution in [2.45, 2.75) is 33.7 Å². The Morgan fingerprint density at radius 1 is 1.21 bits per heavy atom. The third-order valence-electron chi connectivity index (χ3n) is 4.87. The molecule has 7 nitrogen and oxygen atoms in total. The van der Waals surface area contributed by atoms with E-state index in [0.717, 1.165) is 17.9 Å². The molecule has 2 aromatic rings. The summed E-state index contributed by atoms with van der Waals surface area (Å²) in [5, 5.41) is 0. The smallest absolute Gasteiger partial charge is 0.326 e. The zero-order valence-corrected chi connectivity index (χ0v) is 16.4. The van der Waals surface area contributed by atoms with Gasteiger partial charge in [0.2, 0.25) is 11.7 Å². The van der Waals surface area contributed by atoms with E-state index in [4.69, 9.17) is 9.47 Å². The summed E-state index contributed by atoms with van der Waals surface area (Å²) in [5.74, 6) is -0.571. The van der Waals surface area contributed by atoms with E-state index in [0.29, 0.717) is 17.0 Å². The second-order valence-corrected chi connectivity index (χ2v) is 6.66. The lowest BCUT2D eigenvalue weighted by molar-refractivity contribution is -0.141. The Balaban J connectivity index is 1.66. The summed E-state index contributed by atoms with van der Waals surface area (Å²) in [7, 11) is 0. The van der Waals surface area contributed by atoms with Crippen LogP contribution in [0.15, 0.2) is 30.3 Å². The fourth-order valence-corrected chi connectivity index (χ4v) is 3.46. The van der Waals surface area contributed by atoms with Crippen LogP contribution in [0.3, 0.4) is 0 Å². The summed E-state index contributed by atoms with van der Waals surface area (Å²) < 4.78 is 12.8. The molecule has 0 saturated carbocycles. The van der Waals surface area contributed by atoms with E-state index in [1.165, 1.54) is 4.90 Å². The normalized spacial score (nSPS) is 13.5. The molecule has 0 bridgehead atoms. The lowest BCUT2D eigenvalue weighted by Crippen LogP contribution is -2.36. The highest BCUT2D eigenvalue weighted by Crippen LogP contribution is 2.30. The molecule has 3 rings (SSSR count). The Morgan fingerprint density at radius 2 is 1.96 bits per heavy atom. The zero-order chi connectivity index (χ0) is 20.3. The van der Waals surface area contributed by atoms with Gasteiger partial charge in [-0.1, -0.05) is 12.1 Å². The van der Waals surface area contributed by atoms with Gasteiger partial charge >= 0.3 is 5.97 Å². The van der Waals surface area contributed by atoms with Crippen molar-refractivity contribution in [2.75, 3.05) is 24.7 Å². The molecule has 2 heterocycles. The predicted octanol–water partition coefficient (Wildman–Crippen LogP) is 2.67. The topological polar surface area (TPSA) is 77.8 Å². The molecule has 28 heavy (non-hydrogen) atoms. The number of aromatic nitrogens is 1. The van der Waals surface area contributed by atoms with Gasteiger partial charge in [-0.05, 0) is 39.0 Å². The van der Waals surface area contributed by atoms with Crippen molar-refractivity contribution >= 4 is 23.3 Å². The Hall–Kier alpha value is -3.09. The lowest BCUT2D eigenvalue weighted by atomic mass is 10.1. The van der Waals surface area contributed by atoms with Crippen LogP contribution in [-0.4, -0.2) is 42.0 Å². The van der Waals surface area contributed by atoms with E-state index in [-0.39, 0.29) is 37.9 Å². The number of nitrogens with zero attached hydrogens (tertiary/aromatic N) is 2. The number of aryl methyl sites for hydroxylation is 1. The van der Waals surface area contributed by atoms with Crippen LogP contribution in [0, 0.1) is 13.8 Å². The van der Waals surface area contributed by atoms with E-state index < -0.39 is 5.97 Å². The van der Waals surface area contributed by atoms with Crippen LogP contribution in [0.1, 0.15) is 35.1 Å². The first-order chi connectivity index (χ1) is 13.4. The number of fused-ring (bicyclic) bond motifs is 1. The molecule has 0 atom stereocenters. The van der Waals surface area contributed by atoms with Gasteiger partial charge in [0.05, 0.1) is 18.7 Å². The molecule has 1 aromatic heterocycles. The number of para-hydroxylation sites is 2. The van der Waals surface area contributed by atoms with Crippen molar-refractivity contribution in [3.8, 4) is 5.75 Å². The summed E-state index contributed by atoms with van der Waals surface area (Å²) in [6.45, 7) is 6.22. The SMILES string of the molecule is CCn1c(C)cc(C(=O)COC(=O)CN2C(=O)CCOc3ccccc32)c1C. The highest BCUT2D eigenvalue weighted by molar-refractivity contribution is 6.01. The summed E-state index contributed by atoms with van der Waals surface area (Å²) in [4.78, 5) is 38.5. The number of benzene rings is 1. The monoisotopic (exact) mass is 384 g/mol. The van der Waals surface area contributed by atoms with E-state index >= 15 is 0 Å². The summed E-state index contributed by atoms with van der Waals surface area (Å²) in [6, 6.07) is 8.85. The van der Waals surface area contributed by atoms with E-state index in [1.807, 2.05) is 25.3 Å². The molecular weight excluding hydrogens is 360 g/mol. The molecule has 1 aliphatic heterocycles. The predicted molar refractivity (Wildman–Crippen MR) is 104 cm³/mol. The maximum absolute atomic E-state index is 12.5. The number of amides is 1. The molecule has 0 N–H and O–H groups in total. The van der Waals surface area contributed by atoms with Crippen LogP contribution >= 0.6 is 0 Å². The zero-order valence-electron chi connectivity index (χ0n) is 16.4. The maximum atomic E-state index is 12.5. The van der Waals surface area contributed by atoms with E-state index in [9.17, 15) is 14.4 Å². The molecule has 0 fully saturated rings. The summed E-state index contributed by atoms with van der Waals surface area (Å²) in [6.07, 6.45) is 0.171. The molecule has 148 valence electrons. The minimum absolute atomic E-state index is 0.171. The molecule has 1 aliphatic rings. The van der Waals surface area contributed by atoms with Crippen molar-refractivity contribution in [1.82, 2.24) is 4.57 Å². The second-order valence-electron chi connectivity index (χ2n) is 6.66. The van der Waals surface area contributed by atoms with Gasteiger partial charge in [-0.25, -0.2) is 0 Å². The Kier molecular flexibility index (Phi) is 5.82. The van der Waals surface area contributed by atoms with E-state index in [2.05, 4.69) is 0 Å². The van der Waals surface area contributed by atoms with Gasteiger partial charge < -0.3 is 14.0 Å². The fraction of sp³-hybridized carbons (Fsp3) is 0.381. The van der Waals surface area contributed by atoms with Gasteiger partial charge in [0, 0.05) is 23.5 Å². The molecule has 0 saturated heterocycles. The van der Waals surface area contributed by atoms with Gasteiger partial charge in [0.1, 0.15) is 12.3 Å². The molecule has 7 heteroatoms. The lowest BCUT2D eigenvalue weighted by Gasteiger charge is -2.20. The average molecular weight is 384 g/mol. The van der Waals surface area contributed by atoms with Crippen LogP contribution in [0.5, 0.6) is 5.75 Å². The quantitative estimate of drug-likeness (QED) is 0.565. The maximum Gasteiger partial charge on any atom is 0.326 e. The first-order valence-electron chi connectivity index (χ1n) is 9.30. The first-order valence-corrected chi connectivity index (χ1v) is 9.30. The molecule has 1 amide bonds. The third kappa shape index (κ3) is 3.93. The van der Waals surface area contributed by atoms with E-state index in [1.54, 1.807) is 30.3 Å². The second kappa shape index (κ2) is 8.29. The highest BCUT2D eigenvalue weighted by Gasteiger charge is 2.26. The number of rotatable bonds is 6. The summed E-state index contributed by atoms with van der Waals surface area (Å²) >= 11 is 0. The van der Waals surface area contributed by atoms with Gasteiger partial charge in [-0.2, -0.15) is 0 Å². The standard InChI is InChI=1S/C21H24N2O5/c1-4-22-14(2)11-16(15(22)3)18(24)13-28-21(26)12-23-17-7-5-6-8-19(17)27-10-9-20(23)25/h5-8,11H,4,9-10,12-13H2,1-3H3. The van der Waals surface area contributed by atoms with Crippen LogP contribution in [0.4, 0.5) is 5.69 Å². The Bertz CT molecular complexity index is 916. The highest BCUT2D eigenvalue weighted by atomic mass is 16.5. The minimum Gasteiger partial charge on any atom is -0.491 e. The average Bonchev–Trinajstić information content (AvgIpc) is 2.88. The Morgan fingerprint density at radius 3 is 2.68 bits per heavy atom. The van der Waals surface area contributed by atoms with Crippen LogP contribution in [0.25, 0.3) is 0 Å². The van der Waals surface area contributed by atoms with Crippen molar-refractivity contribution in [3.63, 3.8) is 0 Å². The molecular formula is C21H24N2O5. The third-order valence-corrected chi connectivity index (χ3v) is 4.87. The van der Waals surface area contributed by atoms with Gasteiger partial charge in [0.25, 0.3) is 0 Å². The number of Topliss-reactive ketones (excluding diaryl/α,β-unsaturated/α-hetero) is 1. The number of hydrogen-bond donors (Lipinski definition) is 0. The van der Waals surface area contributed by atoms with Gasteiger partial charge in [-0.3, -0.25) is 19.3 Å². The minimum atomic E-state index is -0.636. The summed E-state index contributed by atoms with van der Waals surface area (Å²) in [5.41, 5.74) is 2.92. The number of esters is 1. The molecule has 0 radical (unpaired) electrons.